The molecule has 1 heterocycles. The molecule has 1 aromatic rings. The Morgan fingerprint density at radius 1 is 1.32 bits per heavy atom. The highest BCUT2D eigenvalue weighted by atomic mass is 35.5. The van der Waals surface area contributed by atoms with E-state index in [1.807, 2.05) is 6.07 Å². The van der Waals surface area contributed by atoms with Gasteiger partial charge >= 0.3 is 0 Å². The van der Waals surface area contributed by atoms with Gasteiger partial charge in [-0.2, -0.15) is 0 Å². The molecule has 3 N–H and O–H groups in total. The molecule has 1 rings (SSSR count). The lowest BCUT2D eigenvalue weighted by Gasteiger charge is -2.15. The maximum Gasteiger partial charge on any atom is 0.191 e. The summed E-state index contributed by atoms with van der Waals surface area (Å²) in [5.74, 6) is 1.31. The van der Waals surface area contributed by atoms with Gasteiger partial charge in [0.1, 0.15) is 0 Å². The second kappa shape index (κ2) is 11.7. The Morgan fingerprint density at radius 2 is 2.14 bits per heavy atom. The minimum Gasteiger partial charge on any atom is -0.396 e. The summed E-state index contributed by atoms with van der Waals surface area (Å²) >= 11 is 7.56. The molecule has 6 heteroatoms. The number of nitrogens with one attached hydrogen (secondary N) is 2. The number of hydrogen-bond acceptors (Lipinski definition) is 3. The highest BCUT2D eigenvalue weighted by Gasteiger charge is 2.07. The molecule has 0 saturated carbocycles. The van der Waals surface area contributed by atoms with Gasteiger partial charge in [-0.05, 0) is 44.2 Å². The molecular weight excluding hydrogens is 318 g/mol. The molecular formula is C16H28ClN3OS. The van der Waals surface area contributed by atoms with Crippen LogP contribution in [0.4, 0.5) is 0 Å². The van der Waals surface area contributed by atoms with E-state index < -0.39 is 0 Å². The van der Waals surface area contributed by atoms with Crippen molar-refractivity contribution >= 4 is 28.9 Å². The average Bonchev–Trinajstić information content (AvgIpc) is 2.90. The lowest BCUT2D eigenvalue weighted by atomic mass is 10.0. The van der Waals surface area contributed by atoms with Crippen LogP contribution in [-0.4, -0.2) is 37.3 Å². The molecule has 0 aliphatic heterocycles. The molecule has 126 valence electrons. The minimum absolute atomic E-state index is 0.239. The first-order valence-electron chi connectivity index (χ1n) is 8.06. The van der Waals surface area contributed by atoms with Crippen LogP contribution in [-0.2, 0) is 6.42 Å². The zero-order chi connectivity index (χ0) is 16.2. The van der Waals surface area contributed by atoms with Crippen LogP contribution in [0.5, 0.6) is 0 Å². The number of aliphatic hydroxyl groups excluding tert-OH is 1. The van der Waals surface area contributed by atoms with Crippen molar-refractivity contribution in [3.05, 3.63) is 21.3 Å². The summed E-state index contributed by atoms with van der Waals surface area (Å²) in [5, 5.41) is 15.7. The van der Waals surface area contributed by atoms with Gasteiger partial charge in [-0.15, -0.1) is 11.3 Å². The van der Waals surface area contributed by atoms with Gasteiger partial charge in [-0.1, -0.05) is 24.9 Å². The summed E-state index contributed by atoms with van der Waals surface area (Å²) in [6.45, 7) is 6.91. The summed E-state index contributed by atoms with van der Waals surface area (Å²) in [6, 6.07) is 4.00. The molecule has 0 bridgehead atoms. The van der Waals surface area contributed by atoms with E-state index in [0.717, 1.165) is 55.6 Å². The van der Waals surface area contributed by atoms with Gasteiger partial charge in [0.2, 0.25) is 0 Å². The third-order valence-electron chi connectivity index (χ3n) is 3.38. The Morgan fingerprint density at radius 3 is 2.73 bits per heavy atom. The first kappa shape index (κ1) is 19.3. The quantitative estimate of drug-likeness (QED) is 0.450. The predicted molar refractivity (Wildman–Crippen MR) is 97.1 cm³/mol. The average molecular weight is 346 g/mol. The van der Waals surface area contributed by atoms with Crippen molar-refractivity contribution < 1.29 is 5.11 Å². The van der Waals surface area contributed by atoms with E-state index in [9.17, 15) is 0 Å². The molecule has 0 spiro atoms. The molecule has 4 nitrogen and oxygen atoms in total. The maximum atomic E-state index is 9.11. The lowest BCUT2D eigenvalue weighted by Crippen LogP contribution is -2.38. The Hall–Kier alpha value is -0.780. The third kappa shape index (κ3) is 8.01. The van der Waals surface area contributed by atoms with E-state index in [1.54, 1.807) is 11.3 Å². The molecule has 1 aromatic heterocycles. The van der Waals surface area contributed by atoms with Crippen LogP contribution in [0, 0.1) is 5.92 Å². The summed E-state index contributed by atoms with van der Waals surface area (Å²) in [7, 11) is 0. The number of halogens is 1. The van der Waals surface area contributed by atoms with Crippen LogP contribution in [0.2, 0.25) is 4.34 Å². The highest BCUT2D eigenvalue weighted by molar-refractivity contribution is 7.16. The number of nitrogens with zero attached hydrogens (tertiary/aromatic N) is 1. The van der Waals surface area contributed by atoms with Gasteiger partial charge in [0.25, 0.3) is 0 Å². The SMILES string of the molecule is CCCC(CCO)CN=C(NCC)NCCc1ccc(Cl)s1. The highest BCUT2D eigenvalue weighted by Crippen LogP contribution is 2.21. The van der Waals surface area contributed by atoms with Crippen LogP contribution in [0.3, 0.4) is 0 Å². The molecule has 0 amide bonds. The summed E-state index contributed by atoms with van der Waals surface area (Å²) in [5.41, 5.74) is 0. The fourth-order valence-electron chi connectivity index (χ4n) is 2.27. The first-order chi connectivity index (χ1) is 10.7. The molecule has 0 radical (unpaired) electrons. The van der Waals surface area contributed by atoms with Crippen molar-refractivity contribution in [1.29, 1.82) is 0 Å². The fourth-order valence-corrected chi connectivity index (χ4v) is 3.36. The fraction of sp³-hybridized carbons (Fsp3) is 0.688. The van der Waals surface area contributed by atoms with E-state index in [2.05, 4.69) is 35.5 Å². The Labute approximate surface area is 143 Å². The topological polar surface area (TPSA) is 56.7 Å². The molecule has 1 atom stereocenters. The van der Waals surface area contributed by atoms with Gasteiger partial charge in [-0.25, -0.2) is 0 Å². The van der Waals surface area contributed by atoms with Crippen molar-refractivity contribution in [2.24, 2.45) is 10.9 Å². The van der Waals surface area contributed by atoms with Crippen molar-refractivity contribution in [2.75, 3.05) is 26.2 Å². The Balaban J connectivity index is 2.43. The van der Waals surface area contributed by atoms with Crippen molar-refractivity contribution in [3.8, 4) is 0 Å². The third-order valence-corrected chi connectivity index (χ3v) is 4.67. The molecule has 0 aliphatic rings. The number of aliphatic imine (C=N–C) groups is 1. The zero-order valence-electron chi connectivity index (χ0n) is 13.6. The smallest absolute Gasteiger partial charge is 0.191 e. The standard InChI is InChI=1S/C16H28ClN3OS/c1-3-5-13(9-11-21)12-20-16(18-4-2)19-10-8-14-6-7-15(17)22-14/h6-7,13,21H,3-5,8-12H2,1-2H3,(H2,18,19,20). The normalized spacial score (nSPS) is 13.2. The minimum atomic E-state index is 0.239. The molecule has 22 heavy (non-hydrogen) atoms. The largest absolute Gasteiger partial charge is 0.396 e. The monoisotopic (exact) mass is 345 g/mol. The van der Waals surface area contributed by atoms with Gasteiger partial charge in [0.05, 0.1) is 4.34 Å². The van der Waals surface area contributed by atoms with Gasteiger partial charge in [0, 0.05) is 31.1 Å². The van der Waals surface area contributed by atoms with Gasteiger partial charge in [0.15, 0.2) is 5.96 Å². The maximum absolute atomic E-state index is 9.11. The Bertz CT molecular complexity index is 431. The molecule has 0 fully saturated rings. The second-order valence-electron chi connectivity index (χ2n) is 5.27. The van der Waals surface area contributed by atoms with Crippen LogP contribution >= 0.6 is 22.9 Å². The van der Waals surface area contributed by atoms with E-state index in [4.69, 9.17) is 16.7 Å². The molecule has 0 aliphatic carbocycles. The zero-order valence-corrected chi connectivity index (χ0v) is 15.1. The van der Waals surface area contributed by atoms with E-state index >= 15 is 0 Å². The second-order valence-corrected chi connectivity index (χ2v) is 7.07. The van der Waals surface area contributed by atoms with Crippen LogP contribution < -0.4 is 10.6 Å². The van der Waals surface area contributed by atoms with Gasteiger partial charge in [-0.3, -0.25) is 4.99 Å². The van der Waals surface area contributed by atoms with E-state index in [1.165, 1.54) is 4.88 Å². The van der Waals surface area contributed by atoms with Crippen LogP contribution in [0.25, 0.3) is 0 Å². The van der Waals surface area contributed by atoms with Crippen LogP contribution in [0.1, 0.15) is 38.0 Å². The summed E-state index contributed by atoms with van der Waals surface area (Å²) < 4.78 is 0.835. The molecule has 0 aromatic carbocycles. The van der Waals surface area contributed by atoms with Crippen molar-refractivity contribution in [2.45, 2.75) is 39.5 Å². The number of aliphatic hydroxyl groups is 1. The summed E-state index contributed by atoms with van der Waals surface area (Å²) in [4.78, 5) is 5.92. The lowest BCUT2D eigenvalue weighted by molar-refractivity contribution is 0.253. The van der Waals surface area contributed by atoms with Crippen molar-refractivity contribution in [1.82, 2.24) is 10.6 Å². The number of hydrogen-bond donors (Lipinski definition) is 3. The molecule has 0 saturated heterocycles. The van der Waals surface area contributed by atoms with Crippen LogP contribution in [0.15, 0.2) is 17.1 Å². The number of guanidine groups is 1. The van der Waals surface area contributed by atoms with E-state index in [0.29, 0.717) is 5.92 Å². The first-order valence-corrected chi connectivity index (χ1v) is 9.26. The van der Waals surface area contributed by atoms with E-state index in [-0.39, 0.29) is 6.61 Å². The van der Waals surface area contributed by atoms with Crippen molar-refractivity contribution in [3.63, 3.8) is 0 Å². The van der Waals surface area contributed by atoms with Gasteiger partial charge < -0.3 is 15.7 Å². The number of thiophene rings is 1. The molecule has 1 unspecified atom stereocenters. The number of rotatable bonds is 10. The summed E-state index contributed by atoms with van der Waals surface area (Å²) in [6.07, 6.45) is 4.00. The Kier molecular flexibility index (Phi) is 10.3. The predicted octanol–water partition coefficient (Wildman–Crippen LogP) is 3.30.